The van der Waals surface area contributed by atoms with E-state index in [9.17, 15) is 14.7 Å². The average molecular weight is 368 g/mol. The summed E-state index contributed by atoms with van der Waals surface area (Å²) >= 11 is 1.27. The molecule has 8 heteroatoms. The lowest BCUT2D eigenvalue weighted by molar-refractivity contribution is -0.115. The van der Waals surface area contributed by atoms with Crippen LogP contribution in [0.1, 0.15) is 10.4 Å². The largest absolute Gasteiger partial charge is 0.493 e. The highest BCUT2D eigenvalue weighted by Crippen LogP contribution is 2.39. The van der Waals surface area contributed by atoms with E-state index in [2.05, 4.69) is 10.2 Å². The molecular formula is C18H16N4O3S. The summed E-state index contributed by atoms with van der Waals surface area (Å²) in [7, 11) is 0. The smallest absolute Gasteiger partial charge is 0.295 e. The van der Waals surface area contributed by atoms with Crippen LogP contribution >= 0.6 is 11.8 Å². The molecule has 0 unspecified atom stereocenters. The van der Waals surface area contributed by atoms with Crippen molar-refractivity contribution in [2.45, 2.75) is 5.88 Å². The molecule has 2 amide bonds. The maximum absolute atomic E-state index is 12.1. The summed E-state index contributed by atoms with van der Waals surface area (Å²) in [5.41, 5.74) is 6.50. The van der Waals surface area contributed by atoms with E-state index in [1.54, 1.807) is 47.0 Å². The van der Waals surface area contributed by atoms with Crippen molar-refractivity contribution in [1.82, 2.24) is 4.57 Å². The van der Waals surface area contributed by atoms with Crippen LogP contribution in [-0.2, 0) is 10.7 Å². The van der Waals surface area contributed by atoms with Gasteiger partial charge < -0.3 is 15.4 Å². The van der Waals surface area contributed by atoms with Crippen LogP contribution in [0.2, 0.25) is 0 Å². The van der Waals surface area contributed by atoms with Gasteiger partial charge in [-0.1, -0.05) is 36.4 Å². The van der Waals surface area contributed by atoms with Gasteiger partial charge >= 0.3 is 0 Å². The van der Waals surface area contributed by atoms with Crippen LogP contribution in [0.5, 0.6) is 5.88 Å². The van der Waals surface area contributed by atoms with Crippen molar-refractivity contribution in [3.8, 4) is 5.88 Å². The van der Waals surface area contributed by atoms with E-state index < -0.39 is 11.8 Å². The van der Waals surface area contributed by atoms with E-state index in [1.807, 2.05) is 12.1 Å². The van der Waals surface area contributed by atoms with Crippen molar-refractivity contribution >= 4 is 40.2 Å². The zero-order valence-corrected chi connectivity index (χ0v) is 14.5. The summed E-state index contributed by atoms with van der Waals surface area (Å²) in [5.74, 6) is -0.593. The second kappa shape index (κ2) is 7.83. The monoisotopic (exact) mass is 368 g/mol. The minimum atomic E-state index is -0.495. The van der Waals surface area contributed by atoms with Gasteiger partial charge in [-0.25, -0.2) is 0 Å². The highest BCUT2D eigenvalue weighted by molar-refractivity contribution is 7.99. The second-order valence-electron chi connectivity index (χ2n) is 5.43. The van der Waals surface area contributed by atoms with Crippen LogP contribution in [0.25, 0.3) is 10.9 Å². The SMILES string of the molecule is NC(=O)CSCn1c(O)c(N=NC(=O)c2ccccc2)c2ccccc21. The minimum absolute atomic E-state index is 0.118. The fourth-order valence-electron chi connectivity index (χ4n) is 2.47. The lowest BCUT2D eigenvalue weighted by Crippen LogP contribution is -2.13. The maximum Gasteiger partial charge on any atom is 0.295 e. The number of amides is 2. The number of carbonyl (C=O) groups excluding carboxylic acids is 2. The average Bonchev–Trinajstić information content (AvgIpc) is 2.92. The van der Waals surface area contributed by atoms with Crippen LogP contribution < -0.4 is 5.73 Å². The Labute approximate surface area is 153 Å². The lowest BCUT2D eigenvalue weighted by atomic mass is 10.2. The first-order valence-electron chi connectivity index (χ1n) is 7.75. The number of azo groups is 1. The molecule has 3 aromatic rings. The molecule has 0 fully saturated rings. The minimum Gasteiger partial charge on any atom is -0.493 e. The van der Waals surface area contributed by atoms with Gasteiger partial charge in [0.1, 0.15) is 0 Å². The van der Waals surface area contributed by atoms with E-state index in [0.29, 0.717) is 16.8 Å². The van der Waals surface area contributed by atoms with Gasteiger partial charge in [0.05, 0.1) is 17.1 Å². The molecule has 0 bridgehead atoms. The molecule has 132 valence electrons. The Morgan fingerprint density at radius 2 is 1.77 bits per heavy atom. The fraction of sp³-hybridized carbons (Fsp3) is 0.111. The van der Waals surface area contributed by atoms with E-state index in [4.69, 9.17) is 5.73 Å². The van der Waals surface area contributed by atoms with Crippen LogP contribution in [-0.4, -0.2) is 27.2 Å². The maximum atomic E-state index is 12.1. The van der Waals surface area contributed by atoms with Gasteiger partial charge in [0, 0.05) is 10.9 Å². The first kappa shape index (κ1) is 17.7. The first-order valence-corrected chi connectivity index (χ1v) is 8.90. The fourth-order valence-corrected chi connectivity index (χ4v) is 3.21. The zero-order chi connectivity index (χ0) is 18.5. The number of benzene rings is 2. The molecule has 2 aromatic carbocycles. The number of aromatic hydroxyl groups is 1. The normalized spacial score (nSPS) is 11.2. The van der Waals surface area contributed by atoms with Crippen molar-refractivity contribution in [2.75, 3.05) is 5.75 Å². The van der Waals surface area contributed by atoms with E-state index in [1.165, 1.54) is 11.8 Å². The molecule has 0 aliphatic rings. The van der Waals surface area contributed by atoms with Crippen molar-refractivity contribution in [3.05, 3.63) is 60.2 Å². The van der Waals surface area contributed by atoms with Gasteiger partial charge in [-0.15, -0.1) is 22.0 Å². The van der Waals surface area contributed by atoms with Gasteiger partial charge in [-0.3, -0.25) is 9.59 Å². The number of hydrogen-bond donors (Lipinski definition) is 2. The van der Waals surface area contributed by atoms with E-state index in [-0.39, 0.29) is 17.3 Å². The Bertz CT molecular complexity index is 983. The summed E-state index contributed by atoms with van der Waals surface area (Å²) < 4.78 is 1.60. The Kier molecular flexibility index (Phi) is 5.33. The highest BCUT2D eigenvalue weighted by atomic mass is 32.2. The molecule has 0 saturated carbocycles. The molecule has 0 radical (unpaired) electrons. The molecule has 1 heterocycles. The third-order valence-corrected chi connectivity index (χ3v) is 4.57. The third-order valence-electron chi connectivity index (χ3n) is 3.64. The van der Waals surface area contributed by atoms with Crippen molar-refractivity contribution in [1.29, 1.82) is 0 Å². The summed E-state index contributed by atoms with van der Waals surface area (Å²) in [6, 6.07) is 15.8. The molecule has 7 nitrogen and oxygen atoms in total. The highest BCUT2D eigenvalue weighted by Gasteiger charge is 2.17. The molecule has 0 aliphatic heterocycles. The number of hydrogen-bond acceptors (Lipinski definition) is 5. The summed E-state index contributed by atoms with van der Waals surface area (Å²) in [6.07, 6.45) is 0. The quantitative estimate of drug-likeness (QED) is 0.649. The standard InChI is InChI=1S/C18H16N4O3S/c19-15(23)10-26-11-22-14-9-5-4-8-13(14)16(18(22)25)20-21-17(24)12-6-2-1-3-7-12/h1-9,25H,10-11H2,(H2,19,23). The number of para-hydroxylation sites is 1. The molecule has 0 atom stereocenters. The number of nitrogens with two attached hydrogens (primary N) is 1. The number of fused-ring (bicyclic) bond motifs is 1. The summed E-state index contributed by atoms with van der Waals surface area (Å²) in [5, 5.41) is 18.9. The molecule has 26 heavy (non-hydrogen) atoms. The van der Waals surface area contributed by atoms with Gasteiger partial charge in [-0.2, -0.15) is 0 Å². The van der Waals surface area contributed by atoms with Crippen LogP contribution in [0.4, 0.5) is 5.69 Å². The van der Waals surface area contributed by atoms with Gasteiger partial charge in [0.25, 0.3) is 5.91 Å². The van der Waals surface area contributed by atoms with Crippen molar-refractivity contribution in [2.24, 2.45) is 16.0 Å². The molecule has 0 spiro atoms. The molecular weight excluding hydrogens is 352 g/mol. The lowest BCUT2D eigenvalue weighted by Gasteiger charge is -2.05. The Hall–Kier alpha value is -3.13. The third kappa shape index (κ3) is 3.75. The van der Waals surface area contributed by atoms with Crippen LogP contribution in [0.3, 0.4) is 0 Å². The first-order chi connectivity index (χ1) is 12.6. The Morgan fingerprint density at radius 1 is 1.08 bits per heavy atom. The topological polar surface area (TPSA) is 110 Å². The Morgan fingerprint density at radius 3 is 2.50 bits per heavy atom. The predicted octanol–water partition coefficient (Wildman–Crippen LogP) is 3.45. The summed E-state index contributed by atoms with van der Waals surface area (Å²) in [4.78, 5) is 23.0. The number of nitrogens with zero attached hydrogens (tertiary/aromatic N) is 3. The van der Waals surface area contributed by atoms with Crippen LogP contribution in [0.15, 0.2) is 64.8 Å². The number of carbonyl (C=O) groups is 2. The van der Waals surface area contributed by atoms with E-state index >= 15 is 0 Å². The van der Waals surface area contributed by atoms with Gasteiger partial charge in [0.2, 0.25) is 11.8 Å². The number of aromatic nitrogens is 1. The molecule has 1 aromatic heterocycles. The molecule has 0 saturated heterocycles. The zero-order valence-electron chi connectivity index (χ0n) is 13.7. The number of primary amides is 1. The number of thioether (sulfide) groups is 1. The second-order valence-corrected chi connectivity index (χ2v) is 6.39. The van der Waals surface area contributed by atoms with Gasteiger partial charge in [0.15, 0.2) is 5.69 Å². The van der Waals surface area contributed by atoms with Crippen LogP contribution in [0, 0.1) is 0 Å². The van der Waals surface area contributed by atoms with Crippen molar-refractivity contribution < 1.29 is 14.7 Å². The summed E-state index contributed by atoms with van der Waals surface area (Å²) in [6.45, 7) is 0. The molecule has 3 N–H and O–H groups in total. The molecule has 3 rings (SSSR count). The predicted molar refractivity (Wildman–Crippen MR) is 101 cm³/mol. The van der Waals surface area contributed by atoms with Gasteiger partial charge in [-0.05, 0) is 18.2 Å². The molecule has 0 aliphatic carbocycles. The number of rotatable bonds is 6. The van der Waals surface area contributed by atoms with Crippen molar-refractivity contribution in [3.63, 3.8) is 0 Å². The Balaban J connectivity index is 1.93. The van der Waals surface area contributed by atoms with E-state index in [0.717, 1.165) is 5.52 Å².